The summed E-state index contributed by atoms with van der Waals surface area (Å²) in [5.74, 6) is -2.68. The van der Waals surface area contributed by atoms with Crippen LogP contribution in [0, 0.1) is 10.1 Å². The topological polar surface area (TPSA) is 148 Å². The van der Waals surface area contributed by atoms with E-state index in [0.29, 0.717) is 0 Å². The van der Waals surface area contributed by atoms with Crippen LogP contribution in [0.4, 0.5) is 5.69 Å². The Kier molecular flexibility index (Phi) is 5.17. The number of carbonyl (C=O) groups excluding carboxylic acids is 2. The number of hydrogen-bond acceptors (Lipinski definition) is 6. The van der Waals surface area contributed by atoms with Gasteiger partial charge in [0.1, 0.15) is 11.3 Å². The van der Waals surface area contributed by atoms with Crippen LogP contribution < -0.4 is 15.6 Å². The zero-order valence-corrected chi connectivity index (χ0v) is 10.8. The van der Waals surface area contributed by atoms with Crippen LogP contribution in [0.2, 0.25) is 0 Å². The third-order valence-electron chi connectivity index (χ3n) is 2.14. The molecule has 0 spiro atoms. The number of amides is 2. The lowest BCUT2D eigenvalue weighted by Crippen LogP contribution is -2.42. The van der Waals surface area contributed by atoms with Gasteiger partial charge in [-0.05, 0) is 6.07 Å². The number of aromatic carboxylic acids is 1. The molecule has 0 aromatic heterocycles. The molecule has 10 heteroatoms. The maximum absolute atomic E-state index is 11.2. The molecule has 21 heavy (non-hydrogen) atoms. The standard InChI is InChI=1S/C11H11N3O7/c1-6(15)12-13-10(16)5-21-7-2-3-9(14(19)20)8(4-7)11(17)18/h2-4H,5H2,1H3,(H,12,15)(H,13,16)(H,17,18). The van der Waals surface area contributed by atoms with Gasteiger partial charge in [0.05, 0.1) is 4.92 Å². The lowest BCUT2D eigenvalue weighted by Gasteiger charge is -2.08. The number of nitrogens with one attached hydrogen (secondary N) is 2. The smallest absolute Gasteiger partial charge is 0.342 e. The highest BCUT2D eigenvalue weighted by atomic mass is 16.6. The minimum atomic E-state index is -1.49. The average molecular weight is 297 g/mol. The lowest BCUT2D eigenvalue weighted by atomic mass is 10.1. The van der Waals surface area contributed by atoms with Crippen LogP contribution in [0.1, 0.15) is 17.3 Å². The summed E-state index contributed by atoms with van der Waals surface area (Å²) in [6.45, 7) is 0.688. The quantitative estimate of drug-likeness (QED) is 0.505. The molecule has 0 fully saturated rings. The zero-order chi connectivity index (χ0) is 16.0. The van der Waals surface area contributed by atoms with Gasteiger partial charge in [0.15, 0.2) is 6.61 Å². The Hall–Kier alpha value is -3.17. The van der Waals surface area contributed by atoms with Crippen LogP contribution in [0.3, 0.4) is 0 Å². The number of carboxylic acids is 1. The number of nitrogens with zero attached hydrogens (tertiary/aromatic N) is 1. The van der Waals surface area contributed by atoms with E-state index in [1.807, 2.05) is 10.9 Å². The molecule has 2 amide bonds. The van der Waals surface area contributed by atoms with E-state index in [4.69, 9.17) is 9.84 Å². The number of nitro groups is 1. The van der Waals surface area contributed by atoms with E-state index in [1.165, 1.54) is 6.92 Å². The molecule has 1 rings (SSSR count). The Morgan fingerprint density at radius 2 is 2.00 bits per heavy atom. The van der Waals surface area contributed by atoms with Crippen molar-refractivity contribution in [3.63, 3.8) is 0 Å². The van der Waals surface area contributed by atoms with Crippen LogP contribution in [0.5, 0.6) is 5.75 Å². The zero-order valence-electron chi connectivity index (χ0n) is 10.8. The summed E-state index contributed by atoms with van der Waals surface area (Å²) in [6.07, 6.45) is 0. The predicted molar refractivity (Wildman–Crippen MR) is 67.5 cm³/mol. The number of benzene rings is 1. The summed E-state index contributed by atoms with van der Waals surface area (Å²) in [5.41, 5.74) is 2.92. The lowest BCUT2D eigenvalue weighted by molar-refractivity contribution is -0.385. The maximum atomic E-state index is 11.2. The van der Waals surface area contributed by atoms with Crippen molar-refractivity contribution in [1.29, 1.82) is 0 Å². The number of hydrazine groups is 1. The van der Waals surface area contributed by atoms with E-state index in [-0.39, 0.29) is 5.75 Å². The molecule has 0 saturated carbocycles. The van der Waals surface area contributed by atoms with Crippen LogP contribution in [-0.2, 0) is 9.59 Å². The molecule has 10 nitrogen and oxygen atoms in total. The summed E-state index contributed by atoms with van der Waals surface area (Å²) >= 11 is 0. The van der Waals surface area contributed by atoms with Gasteiger partial charge < -0.3 is 9.84 Å². The van der Waals surface area contributed by atoms with Crippen molar-refractivity contribution in [2.24, 2.45) is 0 Å². The van der Waals surface area contributed by atoms with Crippen molar-refractivity contribution in [2.75, 3.05) is 6.61 Å². The molecule has 0 saturated heterocycles. The van der Waals surface area contributed by atoms with Crippen LogP contribution in [-0.4, -0.2) is 34.4 Å². The van der Waals surface area contributed by atoms with E-state index in [9.17, 15) is 24.5 Å². The Bertz CT molecular complexity index is 599. The molecule has 1 aromatic carbocycles. The van der Waals surface area contributed by atoms with Gasteiger partial charge in [0.25, 0.3) is 11.6 Å². The number of carbonyl (C=O) groups is 3. The second-order valence-electron chi connectivity index (χ2n) is 3.76. The van der Waals surface area contributed by atoms with Gasteiger partial charge in [0.2, 0.25) is 5.91 Å². The Balaban J connectivity index is 2.75. The van der Waals surface area contributed by atoms with Gasteiger partial charge in [-0.2, -0.15) is 0 Å². The number of rotatable bonds is 5. The van der Waals surface area contributed by atoms with Crippen LogP contribution in [0.25, 0.3) is 0 Å². The minimum Gasteiger partial charge on any atom is -0.484 e. The molecule has 0 aliphatic rings. The molecule has 0 heterocycles. The molecule has 112 valence electrons. The second kappa shape index (κ2) is 6.84. The van der Waals surface area contributed by atoms with Gasteiger partial charge in [-0.3, -0.25) is 30.6 Å². The third kappa shape index (κ3) is 4.78. The van der Waals surface area contributed by atoms with Crippen molar-refractivity contribution >= 4 is 23.5 Å². The number of ether oxygens (including phenoxy) is 1. The van der Waals surface area contributed by atoms with Gasteiger partial charge in [0, 0.05) is 19.1 Å². The fraction of sp³-hybridized carbons (Fsp3) is 0.182. The number of carboxylic acid groups (broad SMARTS) is 1. The monoisotopic (exact) mass is 297 g/mol. The highest BCUT2D eigenvalue weighted by Gasteiger charge is 2.20. The second-order valence-corrected chi connectivity index (χ2v) is 3.76. The predicted octanol–water partition coefficient (Wildman–Crippen LogP) is -0.161. The van der Waals surface area contributed by atoms with Gasteiger partial charge in [-0.15, -0.1) is 0 Å². The van der Waals surface area contributed by atoms with Crippen molar-refractivity contribution in [3.05, 3.63) is 33.9 Å². The van der Waals surface area contributed by atoms with E-state index in [1.54, 1.807) is 0 Å². The summed E-state index contributed by atoms with van der Waals surface area (Å²) in [4.78, 5) is 42.5. The molecular formula is C11H11N3O7. The summed E-state index contributed by atoms with van der Waals surface area (Å²) in [7, 11) is 0. The first-order valence-electron chi connectivity index (χ1n) is 5.51. The third-order valence-corrected chi connectivity index (χ3v) is 2.14. The van der Waals surface area contributed by atoms with Gasteiger partial charge >= 0.3 is 5.97 Å². The largest absolute Gasteiger partial charge is 0.484 e. The first-order valence-corrected chi connectivity index (χ1v) is 5.51. The number of nitro benzene ring substituents is 1. The maximum Gasteiger partial charge on any atom is 0.342 e. The average Bonchev–Trinajstić information content (AvgIpc) is 2.42. The van der Waals surface area contributed by atoms with E-state index >= 15 is 0 Å². The summed E-state index contributed by atoms with van der Waals surface area (Å²) < 4.78 is 4.98. The Morgan fingerprint density at radius 1 is 1.33 bits per heavy atom. The molecular weight excluding hydrogens is 286 g/mol. The van der Waals surface area contributed by atoms with Crippen LogP contribution >= 0.6 is 0 Å². The van der Waals surface area contributed by atoms with Gasteiger partial charge in [-0.1, -0.05) is 0 Å². The molecule has 1 aromatic rings. The molecule has 0 radical (unpaired) electrons. The molecule has 0 aliphatic heterocycles. The first-order chi connectivity index (χ1) is 9.81. The Labute approximate surface area is 117 Å². The highest BCUT2D eigenvalue weighted by molar-refractivity contribution is 5.92. The van der Waals surface area contributed by atoms with Gasteiger partial charge in [-0.25, -0.2) is 4.79 Å². The molecule has 0 aliphatic carbocycles. The molecule has 3 N–H and O–H groups in total. The molecule has 0 atom stereocenters. The SMILES string of the molecule is CC(=O)NNC(=O)COc1ccc([N+](=O)[O-])c(C(=O)O)c1. The summed E-state index contributed by atoms with van der Waals surface area (Å²) in [5, 5.41) is 19.5. The molecule has 0 unspecified atom stereocenters. The van der Waals surface area contributed by atoms with E-state index < -0.39 is 40.6 Å². The fourth-order valence-corrected chi connectivity index (χ4v) is 1.28. The van der Waals surface area contributed by atoms with E-state index in [0.717, 1.165) is 18.2 Å². The normalized spacial score (nSPS) is 9.57. The van der Waals surface area contributed by atoms with Crippen LogP contribution in [0.15, 0.2) is 18.2 Å². The van der Waals surface area contributed by atoms with Crippen molar-refractivity contribution in [1.82, 2.24) is 10.9 Å². The molecule has 0 bridgehead atoms. The number of hydrogen-bond donors (Lipinski definition) is 3. The van der Waals surface area contributed by atoms with E-state index in [2.05, 4.69) is 0 Å². The summed E-state index contributed by atoms with van der Waals surface area (Å²) in [6, 6.07) is 3.06. The van der Waals surface area contributed by atoms with Crippen molar-refractivity contribution in [3.8, 4) is 5.75 Å². The first kappa shape index (κ1) is 15.9. The Morgan fingerprint density at radius 3 is 2.52 bits per heavy atom. The minimum absolute atomic E-state index is 0.0315. The van der Waals surface area contributed by atoms with Crippen molar-refractivity contribution in [2.45, 2.75) is 6.92 Å². The highest BCUT2D eigenvalue weighted by Crippen LogP contribution is 2.24. The van der Waals surface area contributed by atoms with Crippen molar-refractivity contribution < 1.29 is 29.2 Å². The fourth-order valence-electron chi connectivity index (χ4n) is 1.28.